The molecule has 0 aliphatic carbocycles. The van der Waals surface area contributed by atoms with Crippen molar-refractivity contribution < 1.29 is 9.53 Å². The Labute approximate surface area is 116 Å². The molecule has 19 heavy (non-hydrogen) atoms. The van der Waals surface area contributed by atoms with Gasteiger partial charge in [0, 0.05) is 43.8 Å². The van der Waals surface area contributed by atoms with E-state index in [4.69, 9.17) is 4.74 Å². The monoisotopic (exact) mass is 268 g/mol. The molecular weight excluding hydrogens is 240 g/mol. The van der Waals surface area contributed by atoms with Crippen molar-refractivity contribution in [2.45, 2.75) is 58.0 Å². The van der Waals surface area contributed by atoms with Gasteiger partial charge in [-0.05, 0) is 46.5 Å². The number of carbonyl (C=O) groups excluding carboxylic acids is 1. The van der Waals surface area contributed by atoms with E-state index in [1.165, 1.54) is 0 Å². The smallest absolute Gasteiger partial charge is 0.223 e. The second-order valence-corrected chi connectivity index (χ2v) is 6.83. The zero-order valence-electron chi connectivity index (χ0n) is 12.6. The predicted octanol–water partition coefficient (Wildman–Crippen LogP) is 1.79. The maximum atomic E-state index is 12.2. The van der Waals surface area contributed by atoms with Crippen LogP contribution in [0, 0.1) is 5.92 Å². The molecule has 2 fully saturated rings. The van der Waals surface area contributed by atoms with Gasteiger partial charge in [0.15, 0.2) is 0 Å². The fraction of sp³-hybridized carbons (Fsp3) is 0.933. The molecule has 0 atom stereocenters. The van der Waals surface area contributed by atoms with E-state index in [1.54, 1.807) is 0 Å². The molecule has 2 rings (SSSR count). The van der Waals surface area contributed by atoms with Crippen LogP contribution in [-0.2, 0) is 9.53 Å². The Morgan fingerprint density at radius 3 is 2.21 bits per heavy atom. The quantitative estimate of drug-likeness (QED) is 0.830. The van der Waals surface area contributed by atoms with Gasteiger partial charge in [-0.1, -0.05) is 0 Å². The summed E-state index contributed by atoms with van der Waals surface area (Å²) in [5.41, 5.74) is 0.246. The highest BCUT2D eigenvalue weighted by Crippen LogP contribution is 2.21. The topological polar surface area (TPSA) is 41.6 Å². The summed E-state index contributed by atoms with van der Waals surface area (Å²) >= 11 is 0. The number of amides is 1. The van der Waals surface area contributed by atoms with Gasteiger partial charge in [0.05, 0.1) is 0 Å². The van der Waals surface area contributed by atoms with Crippen LogP contribution in [0.4, 0.5) is 0 Å². The second-order valence-electron chi connectivity index (χ2n) is 6.83. The number of ether oxygens (including phenoxy) is 1. The number of likely N-dealkylation sites (tertiary alicyclic amines) is 1. The molecule has 0 radical (unpaired) electrons. The normalized spacial score (nSPS) is 24.4. The molecule has 4 nitrogen and oxygen atoms in total. The highest BCUT2D eigenvalue weighted by Gasteiger charge is 2.29. The van der Waals surface area contributed by atoms with E-state index in [1.807, 2.05) is 0 Å². The van der Waals surface area contributed by atoms with Gasteiger partial charge in [0.25, 0.3) is 0 Å². The average Bonchev–Trinajstić information content (AvgIpc) is 2.39. The molecule has 0 aromatic carbocycles. The van der Waals surface area contributed by atoms with E-state index in [9.17, 15) is 4.79 Å². The Hall–Kier alpha value is -0.610. The van der Waals surface area contributed by atoms with Gasteiger partial charge in [-0.2, -0.15) is 0 Å². The minimum absolute atomic E-state index is 0.175. The number of rotatable bonds is 2. The summed E-state index contributed by atoms with van der Waals surface area (Å²) in [6.45, 7) is 10.4. The third-order valence-electron chi connectivity index (χ3n) is 4.38. The third kappa shape index (κ3) is 4.18. The first-order chi connectivity index (χ1) is 8.97. The minimum Gasteiger partial charge on any atom is -0.381 e. The summed E-state index contributed by atoms with van der Waals surface area (Å²) in [6, 6.07) is 0.369. The van der Waals surface area contributed by atoms with Crippen LogP contribution in [0.5, 0.6) is 0 Å². The number of hydrogen-bond donors (Lipinski definition) is 1. The fourth-order valence-electron chi connectivity index (χ4n) is 2.97. The van der Waals surface area contributed by atoms with E-state index in [0.29, 0.717) is 6.04 Å². The van der Waals surface area contributed by atoms with Gasteiger partial charge in [-0.25, -0.2) is 0 Å². The van der Waals surface area contributed by atoms with Gasteiger partial charge in [-0.15, -0.1) is 0 Å². The Bertz CT molecular complexity index is 298. The number of hydrogen-bond acceptors (Lipinski definition) is 3. The van der Waals surface area contributed by atoms with Crippen molar-refractivity contribution in [1.29, 1.82) is 0 Å². The molecule has 0 unspecified atom stereocenters. The maximum Gasteiger partial charge on any atom is 0.223 e. The summed E-state index contributed by atoms with van der Waals surface area (Å²) < 4.78 is 5.30. The van der Waals surface area contributed by atoms with E-state index < -0.39 is 0 Å². The molecule has 0 aromatic heterocycles. The van der Waals surface area contributed by atoms with Crippen LogP contribution in [0.1, 0.15) is 46.5 Å². The van der Waals surface area contributed by atoms with E-state index >= 15 is 0 Å². The fourth-order valence-corrected chi connectivity index (χ4v) is 2.97. The first-order valence-corrected chi connectivity index (χ1v) is 7.60. The first-order valence-electron chi connectivity index (χ1n) is 7.60. The Balaban J connectivity index is 1.74. The van der Waals surface area contributed by atoms with Crippen LogP contribution >= 0.6 is 0 Å². The number of nitrogens with zero attached hydrogens (tertiary/aromatic N) is 1. The van der Waals surface area contributed by atoms with Gasteiger partial charge in [-0.3, -0.25) is 9.69 Å². The number of nitrogens with one attached hydrogen (secondary N) is 1. The van der Waals surface area contributed by atoms with E-state index in [-0.39, 0.29) is 17.4 Å². The molecule has 2 saturated heterocycles. The van der Waals surface area contributed by atoms with Crippen molar-refractivity contribution in [3.8, 4) is 0 Å². The van der Waals surface area contributed by atoms with Crippen LogP contribution in [0.2, 0.25) is 0 Å². The van der Waals surface area contributed by atoms with Crippen LogP contribution < -0.4 is 5.32 Å². The van der Waals surface area contributed by atoms with Crippen LogP contribution in [-0.4, -0.2) is 48.7 Å². The summed E-state index contributed by atoms with van der Waals surface area (Å²) in [5.74, 6) is 0.423. The molecule has 0 spiro atoms. The zero-order valence-corrected chi connectivity index (χ0v) is 12.6. The second kappa shape index (κ2) is 6.23. The van der Waals surface area contributed by atoms with Crippen LogP contribution in [0.3, 0.4) is 0 Å². The average molecular weight is 268 g/mol. The molecule has 2 aliphatic rings. The molecule has 1 amide bonds. The zero-order chi connectivity index (χ0) is 13.9. The molecule has 0 saturated carbocycles. The van der Waals surface area contributed by atoms with E-state index in [2.05, 4.69) is 31.0 Å². The SMILES string of the molecule is CC(C)(C)N1CCC(NC(=O)C2CCOCC2)CC1. The van der Waals surface area contributed by atoms with E-state index in [0.717, 1.165) is 52.0 Å². The third-order valence-corrected chi connectivity index (χ3v) is 4.38. The molecule has 4 heteroatoms. The van der Waals surface area contributed by atoms with Crippen molar-refractivity contribution in [3.05, 3.63) is 0 Å². The van der Waals surface area contributed by atoms with Crippen molar-refractivity contribution in [2.75, 3.05) is 26.3 Å². The lowest BCUT2D eigenvalue weighted by Gasteiger charge is -2.41. The van der Waals surface area contributed by atoms with Gasteiger partial charge < -0.3 is 10.1 Å². The molecule has 0 bridgehead atoms. The number of carbonyl (C=O) groups is 1. The van der Waals surface area contributed by atoms with Gasteiger partial charge in [0.1, 0.15) is 0 Å². The lowest BCUT2D eigenvalue weighted by molar-refractivity contribution is -0.129. The molecule has 1 N–H and O–H groups in total. The molecule has 2 heterocycles. The Kier molecular flexibility index (Phi) is 4.85. The Morgan fingerprint density at radius 2 is 1.68 bits per heavy atom. The molecule has 0 aromatic rings. The number of piperidine rings is 1. The highest BCUT2D eigenvalue weighted by molar-refractivity contribution is 5.79. The Morgan fingerprint density at radius 1 is 1.11 bits per heavy atom. The summed E-state index contributed by atoms with van der Waals surface area (Å²) in [5, 5.41) is 3.24. The van der Waals surface area contributed by atoms with Crippen molar-refractivity contribution >= 4 is 5.91 Å². The molecule has 2 aliphatic heterocycles. The largest absolute Gasteiger partial charge is 0.381 e. The predicted molar refractivity (Wildman–Crippen MR) is 76.0 cm³/mol. The lowest BCUT2D eigenvalue weighted by Crippen LogP contribution is -2.51. The van der Waals surface area contributed by atoms with Crippen molar-refractivity contribution in [2.24, 2.45) is 5.92 Å². The van der Waals surface area contributed by atoms with Crippen molar-refractivity contribution in [3.63, 3.8) is 0 Å². The van der Waals surface area contributed by atoms with Crippen LogP contribution in [0.25, 0.3) is 0 Å². The standard InChI is InChI=1S/C15H28N2O2/c1-15(2,3)17-8-4-13(5-9-17)16-14(18)12-6-10-19-11-7-12/h12-13H,4-11H2,1-3H3,(H,16,18). The highest BCUT2D eigenvalue weighted by atomic mass is 16.5. The van der Waals surface area contributed by atoms with Crippen LogP contribution in [0.15, 0.2) is 0 Å². The van der Waals surface area contributed by atoms with Gasteiger partial charge in [0.2, 0.25) is 5.91 Å². The first kappa shape index (κ1) is 14.8. The lowest BCUT2D eigenvalue weighted by atomic mass is 9.95. The van der Waals surface area contributed by atoms with Gasteiger partial charge >= 0.3 is 0 Å². The molecular formula is C15H28N2O2. The summed E-state index contributed by atoms with van der Waals surface area (Å²) in [6.07, 6.45) is 3.91. The minimum atomic E-state index is 0.175. The molecule has 110 valence electrons. The summed E-state index contributed by atoms with van der Waals surface area (Å²) in [4.78, 5) is 14.7. The maximum absolute atomic E-state index is 12.2. The van der Waals surface area contributed by atoms with Crippen molar-refractivity contribution in [1.82, 2.24) is 10.2 Å². The summed E-state index contributed by atoms with van der Waals surface area (Å²) in [7, 11) is 0.